The second-order valence-electron chi connectivity index (χ2n) is 4.35. The van der Waals surface area contributed by atoms with E-state index in [1.807, 2.05) is 6.20 Å². The van der Waals surface area contributed by atoms with Gasteiger partial charge >= 0.3 is 0 Å². The maximum Gasteiger partial charge on any atom is 0.122 e. The van der Waals surface area contributed by atoms with Crippen molar-refractivity contribution in [2.45, 2.75) is 39.8 Å². The van der Waals surface area contributed by atoms with E-state index in [-0.39, 0.29) is 0 Å². The lowest BCUT2D eigenvalue weighted by Gasteiger charge is -2.15. The second kappa shape index (κ2) is 8.25. The molecule has 17 heavy (non-hydrogen) atoms. The molecule has 1 heterocycles. The number of hydrogen-bond donors (Lipinski definition) is 1. The minimum absolute atomic E-state index is 0.743. The Morgan fingerprint density at radius 1 is 1.41 bits per heavy atom. The van der Waals surface area contributed by atoms with Gasteiger partial charge in [0.05, 0.1) is 13.2 Å². The summed E-state index contributed by atoms with van der Waals surface area (Å²) >= 11 is 0. The average molecular weight is 239 g/mol. The minimum Gasteiger partial charge on any atom is -0.383 e. The van der Waals surface area contributed by atoms with Crippen LogP contribution in [0.1, 0.15) is 32.5 Å². The number of rotatable bonds is 9. The number of methoxy groups -OCH3 is 1. The fourth-order valence-corrected chi connectivity index (χ4v) is 1.87. The summed E-state index contributed by atoms with van der Waals surface area (Å²) in [4.78, 5) is 4.40. The van der Waals surface area contributed by atoms with Crippen molar-refractivity contribution in [2.24, 2.45) is 5.92 Å². The molecule has 0 unspecified atom stereocenters. The molecule has 1 aromatic rings. The molecule has 1 N–H and O–H groups in total. The molecule has 0 atom stereocenters. The summed E-state index contributed by atoms with van der Waals surface area (Å²) in [7, 11) is 1.72. The molecule has 4 heteroatoms. The van der Waals surface area contributed by atoms with Gasteiger partial charge in [-0.15, -0.1) is 0 Å². The third-order valence-corrected chi connectivity index (χ3v) is 3.18. The van der Waals surface area contributed by atoms with Gasteiger partial charge in [0.25, 0.3) is 0 Å². The van der Waals surface area contributed by atoms with Crippen LogP contribution in [0, 0.1) is 5.92 Å². The molecule has 0 aliphatic carbocycles. The summed E-state index contributed by atoms with van der Waals surface area (Å²) in [5, 5.41) is 3.33. The summed E-state index contributed by atoms with van der Waals surface area (Å²) < 4.78 is 7.26. The lowest BCUT2D eigenvalue weighted by Crippen LogP contribution is -2.22. The van der Waals surface area contributed by atoms with E-state index in [2.05, 4.69) is 34.9 Å². The van der Waals surface area contributed by atoms with Gasteiger partial charge < -0.3 is 14.6 Å². The highest BCUT2D eigenvalue weighted by Gasteiger charge is 2.08. The Kier molecular flexibility index (Phi) is 6.89. The second-order valence-corrected chi connectivity index (χ2v) is 4.35. The summed E-state index contributed by atoms with van der Waals surface area (Å²) in [5.41, 5.74) is 0. The summed E-state index contributed by atoms with van der Waals surface area (Å²) in [5.74, 6) is 1.87. The smallest absolute Gasteiger partial charge is 0.122 e. The van der Waals surface area contributed by atoms with Gasteiger partial charge in [-0.05, 0) is 5.92 Å². The number of ether oxygens (including phenoxy) is 1. The highest BCUT2D eigenvalue weighted by molar-refractivity contribution is 4.92. The number of hydrogen-bond acceptors (Lipinski definition) is 3. The lowest BCUT2D eigenvalue weighted by atomic mass is 10.0. The van der Waals surface area contributed by atoms with Crippen LogP contribution in [0.2, 0.25) is 0 Å². The Labute approximate surface area is 104 Å². The van der Waals surface area contributed by atoms with E-state index < -0.39 is 0 Å². The van der Waals surface area contributed by atoms with Gasteiger partial charge in [-0.25, -0.2) is 4.98 Å². The van der Waals surface area contributed by atoms with Crippen LogP contribution in [-0.2, 0) is 17.8 Å². The molecule has 0 aliphatic heterocycles. The van der Waals surface area contributed by atoms with Gasteiger partial charge in [-0.3, -0.25) is 0 Å². The normalized spacial score (nSPS) is 11.3. The molecular weight excluding hydrogens is 214 g/mol. The van der Waals surface area contributed by atoms with Crippen molar-refractivity contribution in [1.29, 1.82) is 0 Å². The molecule has 98 valence electrons. The fourth-order valence-electron chi connectivity index (χ4n) is 1.87. The first-order valence-electron chi connectivity index (χ1n) is 6.51. The molecule has 0 amide bonds. The minimum atomic E-state index is 0.743. The van der Waals surface area contributed by atoms with Crippen LogP contribution in [0.3, 0.4) is 0 Å². The van der Waals surface area contributed by atoms with E-state index in [1.54, 1.807) is 7.11 Å². The molecule has 1 aromatic heterocycles. The Hall–Kier alpha value is -0.870. The highest BCUT2D eigenvalue weighted by atomic mass is 16.5. The topological polar surface area (TPSA) is 39.1 Å². The van der Waals surface area contributed by atoms with Gasteiger partial charge in [0.2, 0.25) is 0 Å². The van der Waals surface area contributed by atoms with Gasteiger partial charge in [0.1, 0.15) is 5.82 Å². The molecular formula is C13H25N3O. The van der Waals surface area contributed by atoms with Crippen LogP contribution in [-0.4, -0.2) is 29.8 Å². The SMILES string of the molecule is CCC(CC)Cn1ccnc1CNCCOC. The Morgan fingerprint density at radius 2 is 2.18 bits per heavy atom. The van der Waals surface area contributed by atoms with Crippen molar-refractivity contribution in [3.05, 3.63) is 18.2 Å². The van der Waals surface area contributed by atoms with Crippen molar-refractivity contribution in [1.82, 2.24) is 14.9 Å². The molecule has 0 spiro atoms. The van der Waals surface area contributed by atoms with E-state index in [1.165, 1.54) is 12.8 Å². The summed E-state index contributed by atoms with van der Waals surface area (Å²) in [6.07, 6.45) is 6.41. The number of nitrogens with one attached hydrogen (secondary N) is 1. The monoisotopic (exact) mass is 239 g/mol. The zero-order valence-corrected chi connectivity index (χ0v) is 11.3. The van der Waals surface area contributed by atoms with Crippen molar-refractivity contribution >= 4 is 0 Å². The standard InChI is InChI=1S/C13H25N3O/c1-4-12(5-2)11-16-8-6-15-13(16)10-14-7-9-17-3/h6,8,12,14H,4-5,7,9-11H2,1-3H3. The van der Waals surface area contributed by atoms with Crippen molar-refractivity contribution in [3.63, 3.8) is 0 Å². The van der Waals surface area contributed by atoms with Gasteiger partial charge in [0.15, 0.2) is 0 Å². The zero-order valence-electron chi connectivity index (χ0n) is 11.3. The van der Waals surface area contributed by atoms with Crippen LogP contribution in [0.5, 0.6) is 0 Å². The Morgan fingerprint density at radius 3 is 2.82 bits per heavy atom. The van der Waals surface area contributed by atoms with Gasteiger partial charge in [-0.1, -0.05) is 26.7 Å². The van der Waals surface area contributed by atoms with Crippen LogP contribution in [0.4, 0.5) is 0 Å². The largest absolute Gasteiger partial charge is 0.383 e. The highest BCUT2D eigenvalue weighted by Crippen LogP contribution is 2.12. The maximum absolute atomic E-state index is 5.00. The van der Waals surface area contributed by atoms with Crippen LogP contribution in [0.15, 0.2) is 12.4 Å². The first-order chi connectivity index (χ1) is 8.31. The van der Waals surface area contributed by atoms with Crippen LogP contribution in [0.25, 0.3) is 0 Å². The molecule has 0 aromatic carbocycles. The third kappa shape index (κ3) is 4.88. The summed E-state index contributed by atoms with van der Waals surface area (Å²) in [6.45, 7) is 8.01. The quantitative estimate of drug-likeness (QED) is 0.670. The zero-order chi connectivity index (χ0) is 12.5. The number of nitrogens with zero attached hydrogens (tertiary/aromatic N) is 2. The van der Waals surface area contributed by atoms with E-state index in [9.17, 15) is 0 Å². The Balaban J connectivity index is 2.42. The molecule has 4 nitrogen and oxygen atoms in total. The summed E-state index contributed by atoms with van der Waals surface area (Å²) in [6, 6.07) is 0. The molecule has 0 saturated heterocycles. The molecule has 0 radical (unpaired) electrons. The average Bonchev–Trinajstić information content (AvgIpc) is 2.79. The van der Waals surface area contributed by atoms with Crippen LogP contribution >= 0.6 is 0 Å². The maximum atomic E-state index is 5.00. The molecule has 0 fully saturated rings. The van der Waals surface area contributed by atoms with Crippen molar-refractivity contribution in [2.75, 3.05) is 20.3 Å². The van der Waals surface area contributed by atoms with E-state index >= 15 is 0 Å². The molecule has 0 bridgehead atoms. The predicted octanol–water partition coefficient (Wildman–Crippen LogP) is 2.06. The molecule has 0 aliphatic rings. The number of aromatic nitrogens is 2. The van der Waals surface area contributed by atoms with E-state index in [0.717, 1.165) is 38.0 Å². The first-order valence-corrected chi connectivity index (χ1v) is 6.51. The lowest BCUT2D eigenvalue weighted by molar-refractivity contribution is 0.198. The molecule has 1 rings (SSSR count). The van der Waals surface area contributed by atoms with Crippen molar-refractivity contribution in [3.8, 4) is 0 Å². The fraction of sp³-hybridized carbons (Fsp3) is 0.769. The Bertz CT molecular complexity index is 295. The van der Waals surface area contributed by atoms with Crippen LogP contribution < -0.4 is 5.32 Å². The van der Waals surface area contributed by atoms with E-state index in [0.29, 0.717) is 0 Å². The van der Waals surface area contributed by atoms with Gasteiger partial charge in [0, 0.05) is 32.6 Å². The van der Waals surface area contributed by atoms with Crippen molar-refractivity contribution < 1.29 is 4.74 Å². The molecule has 0 saturated carbocycles. The van der Waals surface area contributed by atoms with E-state index in [4.69, 9.17) is 4.74 Å². The first kappa shape index (κ1) is 14.2. The number of imidazole rings is 1. The third-order valence-electron chi connectivity index (χ3n) is 3.18. The predicted molar refractivity (Wildman–Crippen MR) is 69.9 cm³/mol. The van der Waals surface area contributed by atoms with Gasteiger partial charge in [-0.2, -0.15) is 0 Å².